The number of hydrogen-bond acceptors (Lipinski definition) is 5. The van der Waals surface area contributed by atoms with E-state index in [4.69, 9.17) is 9.47 Å². The Morgan fingerprint density at radius 1 is 1.22 bits per heavy atom. The molecule has 0 bridgehead atoms. The predicted molar refractivity (Wildman–Crippen MR) is 94.5 cm³/mol. The van der Waals surface area contributed by atoms with Crippen LogP contribution in [0.5, 0.6) is 11.5 Å². The Hall–Kier alpha value is -3.22. The minimum atomic E-state index is -0.889. The highest BCUT2D eigenvalue weighted by Crippen LogP contribution is 2.27. The lowest BCUT2D eigenvalue weighted by molar-refractivity contribution is -0.135. The van der Waals surface area contributed by atoms with Crippen LogP contribution in [0.25, 0.3) is 0 Å². The molecule has 2 aromatic carbocycles. The van der Waals surface area contributed by atoms with Gasteiger partial charge in [-0.05, 0) is 36.8 Å². The standard InChI is InChI=1S/C20H18FNO5/c1-3-16-20(25)22(19(24)13-6-4-5-7-18(13)27-16)11-15(23)14-10-12(21)8-9-17(14)26-2/h4-10,16H,3,11H2,1-2H3. The second-order valence-electron chi connectivity index (χ2n) is 6.01. The molecule has 0 saturated heterocycles. The molecule has 6 nitrogen and oxygen atoms in total. The average molecular weight is 371 g/mol. The van der Waals surface area contributed by atoms with E-state index in [0.717, 1.165) is 17.0 Å². The summed E-state index contributed by atoms with van der Waals surface area (Å²) in [7, 11) is 1.35. The first kappa shape index (κ1) is 18.6. The van der Waals surface area contributed by atoms with Gasteiger partial charge >= 0.3 is 0 Å². The fourth-order valence-electron chi connectivity index (χ4n) is 2.90. The van der Waals surface area contributed by atoms with Gasteiger partial charge in [0, 0.05) is 0 Å². The number of Topliss-reactive ketones (excluding diaryl/α,β-unsaturated/α-hetero) is 1. The van der Waals surface area contributed by atoms with Crippen molar-refractivity contribution in [2.75, 3.05) is 13.7 Å². The summed E-state index contributed by atoms with van der Waals surface area (Å²) in [6, 6.07) is 9.98. The van der Waals surface area contributed by atoms with Crippen LogP contribution in [0.4, 0.5) is 4.39 Å². The van der Waals surface area contributed by atoms with E-state index in [1.54, 1.807) is 25.1 Å². The number of carbonyl (C=O) groups is 3. The van der Waals surface area contributed by atoms with Gasteiger partial charge in [0.05, 0.1) is 24.8 Å². The summed E-state index contributed by atoms with van der Waals surface area (Å²) < 4.78 is 24.3. The van der Waals surface area contributed by atoms with E-state index < -0.39 is 36.1 Å². The van der Waals surface area contributed by atoms with Gasteiger partial charge < -0.3 is 9.47 Å². The molecule has 2 amide bonds. The van der Waals surface area contributed by atoms with E-state index in [0.29, 0.717) is 12.2 Å². The third kappa shape index (κ3) is 3.53. The number of halogens is 1. The molecule has 0 radical (unpaired) electrons. The second kappa shape index (κ2) is 7.57. The van der Waals surface area contributed by atoms with Crippen LogP contribution in [0.15, 0.2) is 42.5 Å². The zero-order valence-corrected chi connectivity index (χ0v) is 14.9. The van der Waals surface area contributed by atoms with Crippen LogP contribution in [-0.4, -0.2) is 42.3 Å². The summed E-state index contributed by atoms with van der Waals surface area (Å²) in [4.78, 5) is 39.2. The topological polar surface area (TPSA) is 72.9 Å². The predicted octanol–water partition coefficient (Wildman–Crippen LogP) is 2.86. The fourth-order valence-corrected chi connectivity index (χ4v) is 2.90. The van der Waals surface area contributed by atoms with Crippen molar-refractivity contribution in [3.63, 3.8) is 0 Å². The van der Waals surface area contributed by atoms with Crippen LogP contribution in [0.3, 0.4) is 0 Å². The fraction of sp³-hybridized carbons (Fsp3) is 0.250. The number of fused-ring (bicyclic) bond motifs is 1. The monoisotopic (exact) mass is 371 g/mol. The summed E-state index contributed by atoms with van der Waals surface area (Å²) in [5, 5.41) is 0. The number of ether oxygens (including phenoxy) is 2. The molecule has 0 fully saturated rings. The molecule has 140 valence electrons. The van der Waals surface area contributed by atoms with Crippen LogP contribution in [-0.2, 0) is 4.79 Å². The summed E-state index contributed by atoms with van der Waals surface area (Å²) in [6.07, 6.45) is -0.561. The number of rotatable bonds is 5. The maximum absolute atomic E-state index is 13.6. The molecular formula is C20H18FNO5. The molecule has 0 spiro atoms. The van der Waals surface area contributed by atoms with Crippen molar-refractivity contribution in [2.24, 2.45) is 0 Å². The Bertz CT molecular complexity index is 911. The number of imide groups is 1. The van der Waals surface area contributed by atoms with Gasteiger partial charge in [0.1, 0.15) is 17.3 Å². The molecule has 7 heteroatoms. The maximum Gasteiger partial charge on any atom is 0.270 e. The molecule has 27 heavy (non-hydrogen) atoms. The van der Waals surface area contributed by atoms with E-state index in [9.17, 15) is 18.8 Å². The van der Waals surface area contributed by atoms with Crippen molar-refractivity contribution in [3.05, 3.63) is 59.4 Å². The van der Waals surface area contributed by atoms with Crippen LogP contribution < -0.4 is 9.47 Å². The van der Waals surface area contributed by atoms with Gasteiger partial charge in [0.15, 0.2) is 11.9 Å². The molecule has 0 aliphatic carbocycles. The Balaban J connectivity index is 1.97. The molecule has 1 aliphatic heterocycles. The number of methoxy groups -OCH3 is 1. The first-order valence-corrected chi connectivity index (χ1v) is 8.44. The minimum absolute atomic E-state index is 0.0374. The van der Waals surface area contributed by atoms with Crippen molar-refractivity contribution in [1.82, 2.24) is 4.90 Å². The Morgan fingerprint density at radius 2 is 1.96 bits per heavy atom. The lowest BCUT2D eigenvalue weighted by Gasteiger charge is -2.21. The van der Waals surface area contributed by atoms with Gasteiger partial charge in [-0.2, -0.15) is 0 Å². The third-order valence-electron chi connectivity index (χ3n) is 4.31. The summed E-state index contributed by atoms with van der Waals surface area (Å²) in [5.41, 5.74) is 0.158. The molecule has 1 aliphatic rings. The summed E-state index contributed by atoms with van der Waals surface area (Å²) >= 11 is 0. The average Bonchev–Trinajstić information content (AvgIpc) is 2.78. The zero-order valence-electron chi connectivity index (χ0n) is 14.9. The Morgan fingerprint density at radius 3 is 2.67 bits per heavy atom. The first-order chi connectivity index (χ1) is 13.0. The van der Waals surface area contributed by atoms with E-state index in [1.807, 2.05) is 0 Å². The molecule has 2 aromatic rings. The van der Waals surface area contributed by atoms with Gasteiger partial charge in [-0.3, -0.25) is 19.3 Å². The highest BCUT2D eigenvalue weighted by Gasteiger charge is 2.37. The number of benzene rings is 2. The van der Waals surface area contributed by atoms with Gasteiger partial charge in [-0.25, -0.2) is 4.39 Å². The van der Waals surface area contributed by atoms with Crippen molar-refractivity contribution in [2.45, 2.75) is 19.4 Å². The molecule has 1 atom stereocenters. The number of ketones is 1. The normalized spacial score (nSPS) is 16.4. The molecular weight excluding hydrogens is 353 g/mol. The van der Waals surface area contributed by atoms with Crippen LogP contribution in [0, 0.1) is 5.82 Å². The van der Waals surface area contributed by atoms with Crippen molar-refractivity contribution >= 4 is 17.6 Å². The lowest BCUT2D eigenvalue weighted by atomic mass is 10.1. The van der Waals surface area contributed by atoms with E-state index in [1.165, 1.54) is 19.2 Å². The lowest BCUT2D eigenvalue weighted by Crippen LogP contribution is -2.45. The molecule has 1 heterocycles. The molecule has 1 unspecified atom stereocenters. The van der Waals surface area contributed by atoms with Crippen molar-refractivity contribution < 1.29 is 28.2 Å². The third-order valence-corrected chi connectivity index (χ3v) is 4.31. The molecule has 0 N–H and O–H groups in total. The van der Waals surface area contributed by atoms with E-state index in [2.05, 4.69) is 0 Å². The van der Waals surface area contributed by atoms with Crippen LogP contribution in [0.2, 0.25) is 0 Å². The summed E-state index contributed by atoms with van der Waals surface area (Å²) in [6.45, 7) is 1.21. The first-order valence-electron chi connectivity index (χ1n) is 8.44. The minimum Gasteiger partial charge on any atom is -0.496 e. The Kier molecular flexibility index (Phi) is 5.21. The number of nitrogens with zero attached hydrogens (tertiary/aromatic N) is 1. The number of amides is 2. The number of carbonyl (C=O) groups excluding carboxylic acids is 3. The zero-order chi connectivity index (χ0) is 19.6. The van der Waals surface area contributed by atoms with Crippen LogP contribution >= 0.6 is 0 Å². The maximum atomic E-state index is 13.6. The van der Waals surface area contributed by atoms with Gasteiger partial charge in [-0.15, -0.1) is 0 Å². The van der Waals surface area contributed by atoms with Crippen molar-refractivity contribution in [3.8, 4) is 11.5 Å². The van der Waals surface area contributed by atoms with E-state index >= 15 is 0 Å². The van der Waals surface area contributed by atoms with Crippen LogP contribution in [0.1, 0.15) is 34.1 Å². The second-order valence-corrected chi connectivity index (χ2v) is 6.01. The van der Waals surface area contributed by atoms with E-state index in [-0.39, 0.29) is 16.9 Å². The van der Waals surface area contributed by atoms with Gasteiger partial charge in [0.2, 0.25) is 0 Å². The molecule has 0 saturated carbocycles. The quantitative estimate of drug-likeness (QED) is 0.597. The molecule has 3 rings (SSSR count). The number of para-hydroxylation sites is 1. The largest absolute Gasteiger partial charge is 0.496 e. The van der Waals surface area contributed by atoms with Gasteiger partial charge in [-0.1, -0.05) is 19.1 Å². The number of hydrogen-bond donors (Lipinski definition) is 0. The Labute approximate surface area is 155 Å². The molecule has 0 aromatic heterocycles. The SMILES string of the molecule is CCC1Oc2ccccc2C(=O)N(CC(=O)c2cc(F)ccc2OC)C1=O. The highest BCUT2D eigenvalue weighted by atomic mass is 19.1. The van der Waals surface area contributed by atoms with Crippen molar-refractivity contribution in [1.29, 1.82) is 0 Å². The summed E-state index contributed by atoms with van der Waals surface area (Å²) in [5.74, 6) is -2.01. The highest BCUT2D eigenvalue weighted by molar-refractivity contribution is 6.12. The van der Waals surface area contributed by atoms with Gasteiger partial charge in [0.25, 0.3) is 11.8 Å². The smallest absolute Gasteiger partial charge is 0.270 e.